The Bertz CT molecular complexity index is 452. The molecule has 1 aliphatic heterocycles. The summed E-state index contributed by atoms with van der Waals surface area (Å²) in [6, 6.07) is 0.464. The quantitative estimate of drug-likeness (QED) is 0.823. The summed E-state index contributed by atoms with van der Waals surface area (Å²) in [6.07, 6.45) is 3.02. The second-order valence-corrected chi connectivity index (χ2v) is 7.98. The van der Waals surface area contributed by atoms with Crippen molar-refractivity contribution in [3.63, 3.8) is 0 Å². The molecule has 0 aliphatic carbocycles. The van der Waals surface area contributed by atoms with E-state index in [1.807, 2.05) is 10.9 Å². The second kappa shape index (κ2) is 5.71. The monoisotopic (exact) mass is 284 g/mol. The Kier molecular flexibility index (Phi) is 4.40. The SMILES string of the molecule is CC1CCS(=O)CCN1Cc1cn(C(C)(C)C)nn1. The third-order valence-electron chi connectivity index (χ3n) is 3.59. The van der Waals surface area contributed by atoms with Crippen LogP contribution in [-0.4, -0.2) is 48.2 Å². The molecule has 0 spiro atoms. The number of hydrogen-bond donors (Lipinski definition) is 0. The maximum Gasteiger partial charge on any atom is 0.0967 e. The lowest BCUT2D eigenvalue weighted by atomic mass is 10.1. The highest BCUT2D eigenvalue weighted by Crippen LogP contribution is 2.16. The zero-order valence-corrected chi connectivity index (χ0v) is 13.1. The minimum atomic E-state index is -0.649. The molecule has 1 aromatic rings. The topological polar surface area (TPSA) is 51.0 Å². The highest BCUT2D eigenvalue weighted by molar-refractivity contribution is 7.85. The van der Waals surface area contributed by atoms with Crippen molar-refractivity contribution < 1.29 is 4.21 Å². The van der Waals surface area contributed by atoms with E-state index in [1.165, 1.54) is 0 Å². The van der Waals surface area contributed by atoms with Gasteiger partial charge in [-0.15, -0.1) is 5.10 Å². The van der Waals surface area contributed by atoms with Gasteiger partial charge in [0.1, 0.15) is 0 Å². The first kappa shape index (κ1) is 14.7. The Balaban J connectivity index is 2.03. The summed E-state index contributed by atoms with van der Waals surface area (Å²) < 4.78 is 13.5. The molecule has 1 saturated heterocycles. The van der Waals surface area contributed by atoms with E-state index in [1.54, 1.807) is 0 Å². The first-order valence-corrected chi connectivity index (χ1v) is 8.36. The fourth-order valence-corrected chi connectivity index (χ4v) is 3.41. The molecule has 1 aromatic heterocycles. The van der Waals surface area contributed by atoms with E-state index in [9.17, 15) is 4.21 Å². The van der Waals surface area contributed by atoms with E-state index in [4.69, 9.17) is 0 Å². The Hall–Kier alpha value is -0.750. The number of hydrogen-bond acceptors (Lipinski definition) is 4. The summed E-state index contributed by atoms with van der Waals surface area (Å²) in [7, 11) is -0.649. The molecule has 2 unspecified atom stereocenters. The van der Waals surface area contributed by atoms with Crippen LogP contribution in [0, 0.1) is 0 Å². The van der Waals surface area contributed by atoms with Crippen molar-refractivity contribution in [3.05, 3.63) is 11.9 Å². The molecular weight excluding hydrogens is 260 g/mol. The predicted octanol–water partition coefficient (Wildman–Crippen LogP) is 1.38. The van der Waals surface area contributed by atoms with Gasteiger partial charge in [-0.2, -0.15) is 0 Å². The van der Waals surface area contributed by atoms with Crippen LogP contribution in [0.25, 0.3) is 0 Å². The van der Waals surface area contributed by atoms with Crippen molar-refractivity contribution in [2.45, 2.75) is 52.2 Å². The molecule has 0 saturated carbocycles. The number of rotatable bonds is 2. The summed E-state index contributed by atoms with van der Waals surface area (Å²) in [4.78, 5) is 2.36. The summed E-state index contributed by atoms with van der Waals surface area (Å²) in [5, 5.41) is 8.45. The molecule has 0 aromatic carbocycles. The third kappa shape index (κ3) is 3.86. The van der Waals surface area contributed by atoms with Crippen LogP contribution in [0.5, 0.6) is 0 Å². The van der Waals surface area contributed by atoms with Crippen LogP contribution in [0.15, 0.2) is 6.20 Å². The van der Waals surface area contributed by atoms with Crippen LogP contribution in [0.3, 0.4) is 0 Å². The Morgan fingerprint density at radius 3 is 2.79 bits per heavy atom. The van der Waals surface area contributed by atoms with Gasteiger partial charge in [-0.05, 0) is 34.1 Å². The molecule has 1 aliphatic rings. The van der Waals surface area contributed by atoms with E-state index in [2.05, 4.69) is 42.9 Å². The van der Waals surface area contributed by atoms with Gasteiger partial charge in [-0.1, -0.05) is 5.21 Å². The normalized spacial score (nSPS) is 26.3. The van der Waals surface area contributed by atoms with Gasteiger partial charge in [0.05, 0.1) is 17.4 Å². The maximum absolute atomic E-state index is 11.6. The van der Waals surface area contributed by atoms with Crippen LogP contribution in [-0.2, 0) is 22.9 Å². The zero-order valence-electron chi connectivity index (χ0n) is 12.3. The lowest BCUT2D eigenvalue weighted by Gasteiger charge is -2.25. The first-order chi connectivity index (χ1) is 8.86. The van der Waals surface area contributed by atoms with E-state index in [0.717, 1.165) is 36.7 Å². The molecule has 2 atom stereocenters. The molecule has 0 N–H and O–H groups in total. The summed E-state index contributed by atoms with van der Waals surface area (Å²) >= 11 is 0. The van der Waals surface area contributed by atoms with Gasteiger partial charge in [0.15, 0.2) is 0 Å². The van der Waals surface area contributed by atoms with E-state index >= 15 is 0 Å². The molecule has 6 heteroatoms. The number of nitrogens with zero attached hydrogens (tertiary/aromatic N) is 4. The average molecular weight is 284 g/mol. The van der Waals surface area contributed by atoms with Crippen molar-refractivity contribution >= 4 is 10.8 Å². The van der Waals surface area contributed by atoms with E-state index in [0.29, 0.717) is 6.04 Å². The van der Waals surface area contributed by atoms with Crippen molar-refractivity contribution in [2.24, 2.45) is 0 Å². The summed E-state index contributed by atoms with van der Waals surface area (Å²) in [5.41, 5.74) is 0.964. The first-order valence-electron chi connectivity index (χ1n) is 6.87. The van der Waals surface area contributed by atoms with Crippen LogP contribution >= 0.6 is 0 Å². The summed E-state index contributed by atoms with van der Waals surface area (Å²) in [5.74, 6) is 1.60. The Morgan fingerprint density at radius 2 is 2.16 bits per heavy atom. The van der Waals surface area contributed by atoms with E-state index < -0.39 is 10.8 Å². The van der Waals surface area contributed by atoms with Crippen LogP contribution in [0.2, 0.25) is 0 Å². The molecular formula is C13H24N4OS. The fourth-order valence-electron chi connectivity index (χ4n) is 2.17. The minimum Gasteiger partial charge on any atom is -0.294 e. The molecule has 0 amide bonds. The maximum atomic E-state index is 11.6. The summed E-state index contributed by atoms with van der Waals surface area (Å²) in [6.45, 7) is 10.2. The smallest absolute Gasteiger partial charge is 0.0967 e. The highest BCUT2D eigenvalue weighted by atomic mass is 32.2. The molecule has 19 heavy (non-hydrogen) atoms. The second-order valence-electron chi connectivity index (χ2n) is 6.28. The van der Waals surface area contributed by atoms with Crippen LogP contribution in [0.4, 0.5) is 0 Å². The molecule has 0 radical (unpaired) electrons. The van der Waals surface area contributed by atoms with Crippen LogP contribution in [0.1, 0.15) is 39.8 Å². The molecule has 1 fully saturated rings. The average Bonchev–Trinajstić information content (AvgIpc) is 2.73. The molecule has 2 rings (SSSR count). The lowest BCUT2D eigenvalue weighted by molar-refractivity contribution is 0.210. The molecule has 2 heterocycles. The van der Waals surface area contributed by atoms with Crippen molar-refractivity contribution in [1.82, 2.24) is 19.9 Å². The third-order valence-corrected chi connectivity index (χ3v) is 4.91. The van der Waals surface area contributed by atoms with Crippen molar-refractivity contribution in [2.75, 3.05) is 18.1 Å². The molecule has 0 bridgehead atoms. The lowest BCUT2D eigenvalue weighted by Crippen LogP contribution is -2.33. The van der Waals surface area contributed by atoms with Gasteiger partial charge in [-0.25, -0.2) is 4.68 Å². The van der Waals surface area contributed by atoms with Crippen molar-refractivity contribution in [1.29, 1.82) is 0 Å². The fraction of sp³-hybridized carbons (Fsp3) is 0.846. The van der Waals surface area contributed by atoms with Crippen LogP contribution < -0.4 is 0 Å². The molecule has 108 valence electrons. The minimum absolute atomic E-state index is 0.0306. The van der Waals surface area contributed by atoms with Gasteiger partial charge < -0.3 is 0 Å². The van der Waals surface area contributed by atoms with Gasteiger partial charge >= 0.3 is 0 Å². The van der Waals surface area contributed by atoms with Gasteiger partial charge in [-0.3, -0.25) is 9.11 Å². The number of aromatic nitrogens is 3. The van der Waals surface area contributed by atoms with E-state index in [-0.39, 0.29) is 5.54 Å². The zero-order chi connectivity index (χ0) is 14.0. The largest absolute Gasteiger partial charge is 0.294 e. The predicted molar refractivity (Wildman–Crippen MR) is 77.4 cm³/mol. The van der Waals surface area contributed by atoms with Gasteiger partial charge in [0.2, 0.25) is 0 Å². The Labute approximate surface area is 117 Å². The highest BCUT2D eigenvalue weighted by Gasteiger charge is 2.22. The van der Waals surface area contributed by atoms with Gasteiger partial charge in [0, 0.05) is 41.4 Å². The molecule has 5 nitrogen and oxygen atoms in total. The van der Waals surface area contributed by atoms with Gasteiger partial charge in [0.25, 0.3) is 0 Å². The Morgan fingerprint density at radius 1 is 1.42 bits per heavy atom. The van der Waals surface area contributed by atoms with Crippen molar-refractivity contribution in [3.8, 4) is 0 Å². The standard InChI is InChI=1S/C13H24N4OS/c1-11-5-7-19(18)8-6-16(11)9-12-10-17(15-14-12)13(2,3)4/h10-11H,5-9H2,1-4H3.